The van der Waals surface area contributed by atoms with Gasteiger partial charge in [-0.15, -0.1) is 0 Å². The zero-order chi connectivity index (χ0) is 15.8. The Hall–Kier alpha value is -1.41. The number of hydrogen-bond acceptors (Lipinski definition) is 4. The summed E-state index contributed by atoms with van der Waals surface area (Å²) in [4.78, 5) is 5.64. The van der Waals surface area contributed by atoms with Crippen LogP contribution in [0.2, 0.25) is 0 Å². The number of rotatable bonds is 2. The van der Waals surface area contributed by atoms with Crippen molar-refractivity contribution in [2.24, 2.45) is 17.8 Å². The van der Waals surface area contributed by atoms with E-state index in [1.807, 2.05) is 4.52 Å². The normalized spacial score (nSPS) is 35.3. The molecule has 0 amide bonds. The van der Waals surface area contributed by atoms with Crippen LogP contribution in [-0.4, -0.2) is 14.6 Å². The summed E-state index contributed by atoms with van der Waals surface area (Å²) in [6.45, 7) is 4.18. The molecule has 4 nitrogen and oxygen atoms in total. The molecule has 0 unspecified atom stereocenters. The summed E-state index contributed by atoms with van der Waals surface area (Å²) < 4.78 is 1.83. The highest BCUT2D eigenvalue weighted by Gasteiger charge is 2.53. The topological polar surface area (TPSA) is 54.0 Å². The molecule has 2 heterocycles. The zero-order valence-electron chi connectivity index (χ0n) is 13.7. The van der Waals surface area contributed by atoms with Crippen molar-refractivity contribution in [3.63, 3.8) is 0 Å². The predicted octanol–water partition coefficient (Wildman–Crippen LogP) is 4.25. The molecule has 23 heavy (non-hydrogen) atoms. The van der Waals surface area contributed by atoms with Crippen molar-refractivity contribution in [1.82, 2.24) is 14.6 Å². The first-order chi connectivity index (χ1) is 11.1. The maximum absolute atomic E-state index is 9.55. The van der Waals surface area contributed by atoms with Gasteiger partial charge >= 0.3 is 0 Å². The van der Waals surface area contributed by atoms with Crippen LogP contribution in [0, 0.1) is 29.1 Å². The lowest BCUT2D eigenvalue weighted by atomic mass is 9.50. The Bertz CT molecular complexity index is 787. The van der Waals surface area contributed by atoms with Gasteiger partial charge in [-0.1, -0.05) is 25.2 Å². The predicted molar refractivity (Wildman–Crippen MR) is 89.5 cm³/mol. The van der Waals surface area contributed by atoms with Crippen LogP contribution in [0.25, 0.3) is 4.96 Å². The molecule has 2 aromatic heterocycles. The zero-order valence-corrected chi connectivity index (χ0v) is 14.6. The van der Waals surface area contributed by atoms with Crippen LogP contribution in [0.15, 0.2) is 0 Å². The summed E-state index contributed by atoms with van der Waals surface area (Å²) in [7, 11) is 0. The fraction of sp³-hybridized carbons (Fsp3) is 0.722. The minimum atomic E-state index is 0.265. The highest BCUT2D eigenvalue weighted by Crippen LogP contribution is 2.61. The van der Waals surface area contributed by atoms with E-state index < -0.39 is 0 Å². The van der Waals surface area contributed by atoms with Gasteiger partial charge in [0.25, 0.3) is 0 Å². The van der Waals surface area contributed by atoms with Gasteiger partial charge < -0.3 is 0 Å². The van der Waals surface area contributed by atoms with Gasteiger partial charge in [-0.2, -0.15) is 14.9 Å². The van der Waals surface area contributed by atoms with Gasteiger partial charge in [0, 0.05) is 5.41 Å². The third kappa shape index (κ3) is 1.88. The molecule has 6 rings (SSSR count). The molecular formula is C18H22N4S. The number of fused-ring (bicyclic) bond motifs is 1. The molecule has 0 atom stereocenters. The van der Waals surface area contributed by atoms with E-state index >= 15 is 0 Å². The van der Waals surface area contributed by atoms with Crippen LogP contribution in [0.5, 0.6) is 0 Å². The second-order valence-corrected chi connectivity index (χ2v) is 9.37. The summed E-state index contributed by atoms with van der Waals surface area (Å²) >= 11 is 1.74. The molecule has 4 aliphatic carbocycles. The van der Waals surface area contributed by atoms with Gasteiger partial charge in [-0.25, -0.2) is 4.98 Å². The number of nitrogens with zero attached hydrogens (tertiary/aromatic N) is 4. The summed E-state index contributed by atoms with van der Waals surface area (Å²) in [6, 6.07) is 2.33. The Balaban J connectivity index is 1.62. The van der Waals surface area contributed by atoms with E-state index in [2.05, 4.69) is 19.9 Å². The molecule has 0 saturated heterocycles. The van der Waals surface area contributed by atoms with Crippen molar-refractivity contribution in [3.8, 4) is 6.07 Å². The lowest BCUT2D eigenvalue weighted by Gasteiger charge is -2.55. The van der Waals surface area contributed by atoms with Gasteiger partial charge in [0.05, 0.1) is 5.69 Å². The monoisotopic (exact) mass is 326 g/mol. The average molecular weight is 326 g/mol. The van der Waals surface area contributed by atoms with Crippen LogP contribution < -0.4 is 0 Å². The maximum atomic E-state index is 9.55. The van der Waals surface area contributed by atoms with E-state index in [4.69, 9.17) is 10.1 Å². The third-order valence-electron chi connectivity index (χ3n) is 6.38. The molecule has 4 saturated carbocycles. The number of hydrogen-bond donors (Lipinski definition) is 0. The van der Waals surface area contributed by atoms with Crippen LogP contribution in [0.1, 0.15) is 74.7 Å². The second kappa shape index (κ2) is 4.57. The minimum absolute atomic E-state index is 0.265. The number of imidazole rings is 1. The van der Waals surface area contributed by atoms with Crippen LogP contribution in [0.4, 0.5) is 0 Å². The number of nitriles is 1. The van der Waals surface area contributed by atoms with Gasteiger partial charge in [-0.3, -0.25) is 0 Å². The van der Waals surface area contributed by atoms with E-state index in [0.717, 1.165) is 28.4 Å². The molecule has 4 aliphatic rings. The van der Waals surface area contributed by atoms with E-state index in [0.29, 0.717) is 11.1 Å². The Labute approximate surface area is 140 Å². The molecule has 0 N–H and O–H groups in total. The summed E-state index contributed by atoms with van der Waals surface area (Å²) in [5.41, 5.74) is 1.83. The van der Waals surface area contributed by atoms with Gasteiger partial charge in [-0.05, 0) is 62.2 Å². The lowest BCUT2D eigenvalue weighted by molar-refractivity contribution is -0.00566. The number of aromatic nitrogens is 3. The molecule has 2 aromatic rings. The third-order valence-corrected chi connectivity index (χ3v) is 7.53. The molecule has 0 radical (unpaired) electrons. The van der Waals surface area contributed by atoms with Crippen LogP contribution in [0.3, 0.4) is 0 Å². The lowest BCUT2D eigenvalue weighted by Crippen LogP contribution is -2.48. The Morgan fingerprint density at radius 2 is 1.78 bits per heavy atom. The first kappa shape index (κ1) is 14.0. The molecule has 120 valence electrons. The summed E-state index contributed by atoms with van der Waals surface area (Å²) in [5, 5.41) is 15.7. The first-order valence-corrected chi connectivity index (χ1v) is 9.69. The smallest absolute Gasteiger partial charge is 0.213 e. The van der Waals surface area contributed by atoms with Gasteiger partial charge in [0.15, 0.2) is 5.69 Å². The van der Waals surface area contributed by atoms with E-state index in [9.17, 15) is 5.26 Å². The second-order valence-electron chi connectivity index (χ2n) is 8.41. The Morgan fingerprint density at radius 1 is 1.17 bits per heavy atom. The minimum Gasteiger partial charge on any atom is -0.221 e. The van der Waals surface area contributed by atoms with Crippen molar-refractivity contribution < 1.29 is 0 Å². The van der Waals surface area contributed by atoms with Crippen molar-refractivity contribution in [2.45, 2.75) is 63.7 Å². The molecule has 5 heteroatoms. The SMILES string of the molecule is CC(C)c1nc2sc(C34CC5CC(CC(C5)C3)C4)nn2c1C#N. The van der Waals surface area contributed by atoms with Crippen LogP contribution in [-0.2, 0) is 5.41 Å². The van der Waals surface area contributed by atoms with Crippen molar-refractivity contribution in [1.29, 1.82) is 5.26 Å². The van der Waals surface area contributed by atoms with E-state index in [-0.39, 0.29) is 5.92 Å². The summed E-state index contributed by atoms with van der Waals surface area (Å²) in [6.07, 6.45) is 8.28. The standard InChI is InChI=1S/C18H22N4S/c1-10(2)15-14(9-19)22-17(20-15)23-16(21-22)18-6-11-3-12(7-18)5-13(4-11)8-18/h10-13H,3-8H2,1-2H3. The van der Waals surface area contributed by atoms with Gasteiger partial charge in [0.2, 0.25) is 4.96 Å². The fourth-order valence-electron chi connectivity index (χ4n) is 5.86. The fourth-order valence-corrected chi connectivity index (χ4v) is 6.98. The quantitative estimate of drug-likeness (QED) is 0.829. The Morgan fingerprint density at radius 3 is 2.30 bits per heavy atom. The van der Waals surface area contributed by atoms with Crippen molar-refractivity contribution >= 4 is 16.3 Å². The highest BCUT2D eigenvalue weighted by molar-refractivity contribution is 7.16. The largest absolute Gasteiger partial charge is 0.221 e. The van der Waals surface area contributed by atoms with E-state index in [1.54, 1.807) is 11.3 Å². The Kier molecular flexibility index (Phi) is 2.78. The average Bonchev–Trinajstić information content (AvgIpc) is 3.03. The first-order valence-electron chi connectivity index (χ1n) is 8.88. The maximum Gasteiger partial charge on any atom is 0.213 e. The molecule has 0 aromatic carbocycles. The summed E-state index contributed by atoms with van der Waals surface area (Å²) in [5.74, 6) is 3.01. The molecule has 4 bridgehead atoms. The highest BCUT2D eigenvalue weighted by atomic mass is 32.1. The van der Waals surface area contributed by atoms with Gasteiger partial charge in [0.1, 0.15) is 11.1 Å². The molecule has 0 spiro atoms. The molecular weight excluding hydrogens is 304 g/mol. The van der Waals surface area contributed by atoms with Crippen LogP contribution >= 0.6 is 11.3 Å². The van der Waals surface area contributed by atoms with Crippen molar-refractivity contribution in [3.05, 3.63) is 16.4 Å². The molecule has 4 fully saturated rings. The van der Waals surface area contributed by atoms with E-state index in [1.165, 1.54) is 43.5 Å². The van der Waals surface area contributed by atoms with Crippen molar-refractivity contribution in [2.75, 3.05) is 0 Å². The molecule has 0 aliphatic heterocycles.